The van der Waals surface area contributed by atoms with Crippen molar-refractivity contribution >= 4 is 16.9 Å². The first kappa shape index (κ1) is 11.1. The molecule has 1 aliphatic rings. The van der Waals surface area contributed by atoms with Crippen LogP contribution in [0.4, 0.5) is 0 Å². The van der Waals surface area contributed by atoms with E-state index in [0.29, 0.717) is 6.04 Å². The van der Waals surface area contributed by atoms with Gasteiger partial charge >= 0.3 is 0 Å². The van der Waals surface area contributed by atoms with Crippen molar-refractivity contribution < 1.29 is 0 Å². The Morgan fingerprint density at radius 3 is 3.26 bits per heavy atom. The van der Waals surface area contributed by atoms with Crippen LogP contribution in [0.2, 0.25) is 0 Å². The molecule has 5 heteroatoms. The van der Waals surface area contributed by atoms with Crippen molar-refractivity contribution in [2.45, 2.75) is 18.9 Å². The molecule has 19 heavy (non-hydrogen) atoms. The predicted octanol–water partition coefficient (Wildman–Crippen LogP) is 2.88. The number of aromatic nitrogens is 3. The molecule has 0 spiro atoms. The van der Waals surface area contributed by atoms with Crippen molar-refractivity contribution in [3.8, 4) is 11.3 Å². The number of hydrogen-bond acceptors (Lipinski definition) is 4. The molecule has 0 aliphatic carbocycles. The quantitative estimate of drug-likeness (QED) is 0.778. The Morgan fingerprint density at radius 2 is 2.37 bits per heavy atom. The number of fused-ring (bicyclic) bond motifs is 1. The molecule has 0 aromatic carbocycles. The summed E-state index contributed by atoms with van der Waals surface area (Å²) < 4.78 is 1.89. The zero-order chi connectivity index (χ0) is 12.7. The summed E-state index contributed by atoms with van der Waals surface area (Å²) in [6.45, 7) is 1.11. The summed E-state index contributed by atoms with van der Waals surface area (Å²) in [6, 6.07) is 6.54. The van der Waals surface area contributed by atoms with E-state index in [4.69, 9.17) is 4.98 Å². The molecule has 4 heterocycles. The molecule has 4 nitrogen and oxygen atoms in total. The van der Waals surface area contributed by atoms with Crippen LogP contribution < -0.4 is 5.32 Å². The van der Waals surface area contributed by atoms with E-state index in [2.05, 4.69) is 21.9 Å². The van der Waals surface area contributed by atoms with Crippen molar-refractivity contribution in [2.24, 2.45) is 0 Å². The molecule has 3 aromatic rings. The maximum atomic E-state index is 4.79. The second-order valence-electron chi connectivity index (χ2n) is 4.81. The first-order chi connectivity index (χ1) is 9.42. The molecule has 0 amide bonds. The van der Waals surface area contributed by atoms with Crippen LogP contribution in [0.15, 0.2) is 36.0 Å². The number of hydrogen-bond donors (Lipinski definition) is 1. The van der Waals surface area contributed by atoms with E-state index < -0.39 is 0 Å². The van der Waals surface area contributed by atoms with Crippen molar-refractivity contribution in [1.29, 1.82) is 0 Å². The van der Waals surface area contributed by atoms with Gasteiger partial charge in [-0.2, -0.15) is 5.10 Å². The van der Waals surface area contributed by atoms with Gasteiger partial charge in [-0.1, -0.05) is 6.07 Å². The molecule has 3 aromatic heterocycles. The number of rotatable bonds is 2. The summed E-state index contributed by atoms with van der Waals surface area (Å²) in [5.41, 5.74) is 3.26. The maximum Gasteiger partial charge on any atom is 0.110 e. The fraction of sp³-hybridized carbons (Fsp3) is 0.286. The minimum Gasteiger partial charge on any atom is -0.308 e. The van der Waals surface area contributed by atoms with Gasteiger partial charge in [-0.05, 0) is 31.5 Å². The van der Waals surface area contributed by atoms with Crippen LogP contribution >= 0.6 is 11.3 Å². The Kier molecular flexibility index (Phi) is 2.60. The van der Waals surface area contributed by atoms with E-state index >= 15 is 0 Å². The van der Waals surface area contributed by atoms with E-state index in [1.54, 1.807) is 11.3 Å². The Labute approximate surface area is 115 Å². The lowest BCUT2D eigenvalue weighted by atomic mass is 10.2. The third-order valence-electron chi connectivity index (χ3n) is 3.58. The molecule has 1 aliphatic heterocycles. The molecule has 0 bridgehead atoms. The van der Waals surface area contributed by atoms with Crippen LogP contribution in [0, 0.1) is 0 Å². The summed E-state index contributed by atoms with van der Waals surface area (Å²) in [6.07, 6.45) is 6.30. The minimum atomic E-state index is 0.445. The highest BCUT2D eigenvalue weighted by atomic mass is 32.1. The fourth-order valence-corrected chi connectivity index (χ4v) is 3.53. The third kappa shape index (κ3) is 1.86. The van der Waals surface area contributed by atoms with E-state index in [9.17, 15) is 0 Å². The van der Waals surface area contributed by atoms with Gasteiger partial charge in [-0.3, -0.25) is 0 Å². The van der Waals surface area contributed by atoms with Crippen LogP contribution in [0.5, 0.6) is 0 Å². The molecule has 1 fully saturated rings. The molecule has 96 valence electrons. The summed E-state index contributed by atoms with van der Waals surface area (Å²) in [4.78, 5) is 4.79. The highest BCUT2D eigenvalue weighted by Crippen LogP contribution is 2.31. The van der Waals surface area contributed by atoms with Crippen molar-refractivity contribution in [3.05, 3.63) is 41.0 Å². The smallest absolute Gasteiger partial charge is 0.110 e. The van der Waals surface area contributed by atoms with Crippen molar-refractivity contribution in [2.75, 3.05) is 6.54 Å². The highest BCUT2D eigenvalue weighted by molar-refractivity contribution is 7.10. The van der Waals surface area contributed by atoms with Crippen LogP contribution in [-0.4, -0.2) is 21.1 Å². The second kappa shape index (κ2) is 4.43. The molecular weight excluding hydrogens is 256 g/mol. The lowest BCUT2D eigenvalue weighted by Gasteiger charge is -2.04. The molecular formula is C14H14N4S. The monoisotopic (exact) mass is 270 g/mol. The lowest BCUT2D eigenvalue weighted by molar-refractivity contribution is 0.643. The maximum absolute atomic E-state index is 4.79. The second-order valence-corrected chi connectivity index (χ2v) is 5.70. The summed E-state index contributed by atoms with van der Waals surface area (Å²) in [5.74, 6) is 0. The molecule has 0 unspecified atom stereocenters. The Hall–Kier alpha value is -1.72. The van der Waals surface area contributed by atoms with E-state index in [1.165, 1.54) is 17.8 Å². The number of nitrogens with zero attached hydrogens (tertiary/aromatic N) is 3. The largest absolute Gasteiger partial charge is 0.308 e. The number of nitrogens with one attached hydrogen (secondary N) is 1. The Balaban J connectivity index is 1.76. The third-order valence-corrected chi connectivity index (χ3v) is 4.54. The standard InChI is InChI=1S/C14H14N4S/c1-2-7-18-13(5-1)10(8-16-18)12-9-19-14(17-12)11-4-3-6-15-11/h1-2,5,7-9,11,15H,3-4,6H2/t11-/m0/s1. The van der Waals surface area contributed by atoms with E-state index in [0.717, 1.165) is 23.3 Å². The zero-order valence-electron chi connectivity index (χ0n) is 10.4. The molecule has 1 saturated heterocycles. The topological polar surface area (TPSA) is 42.2 Å². The predicted molar refractivity (Wildman–Crippen MR) is 76.3 cm³/mol. The normalized spacial score (nSPS) is 19.3. The van der Waals surface area contributed by atoms with Crippen LogP contribution in [0.25, 0.3) is 16.8 Å². The first-order valence-electron chi connectivity index (χ1n) is 6.53. The average Bonchev–Trinajstić information content (AvgIpc) is 3.18. The van der Waals surface area contributed by atoms with Crippen LogP contribution in [0.1, 0.15) is 23.9 Å². The molecule has 0 radical (unpaired) electrons. The van der Waals surface area contributed by atoms with Crippen molar-refractivity contribution in [1.82, 2.24) is 19.9 Å². The average molecular weight is 270 g/mol. The van der Waals surface area contributed by atoms with Gasteiger partial charge in [-0.15, -0.1) is 11.3 Å². The van der Waals surface area contributed by atoms with E-state index in [-0.39, 0.29) is 0 Å². The fourth-order valence-electron chi connectivity index (χ4n) is 2.60. The molecule has 0 saturated carbocycles. The Bertz CT molecular complexity index is 709. The summed E-state index contributed by atoms with van der Waals surface area (Å²) >= 11 is 1.74. The Morgan fingerprint density at radius 1 is 1.37 bits per heavy atom. The lowest BCUT2D eigenvalue weighted by Crippen LogP contribution is -2.12. The van der Waals surface area contributed by atoms with E-state index in [1.807, 2.05) is 29.0 Å². The van der Waals surface area contributed by atoms with Gasteiger partial charge in [-0.25, -0.2) is 9.50 Å². The van der Waals surface area contributed by atoms with Crippen molar-refractivity contribution in [3.63, 3.8) is 0 Å². The van der Waals surface area contributed by atoms with Crippen LogP contribution in [0.3, 0.4) is 0 Å². The summed E-state index contributed by atoms with van der Waals surface area (Å²) in [5, 5.41) is 11.2. The van der Waals surface area contributed by atoms with Gasteiger partial charge < -0.3 is 5.32 Å². The number of thiazole rings is 1. The summed E-state index contributed by atoms with van der Waals surface area (Å²) in [7, 11) is 0. The number of pyridine rings is 1. The molecule has 1 atom stereocenters. The van der Waals surface area contributed by atoms with Gasteiger partial charge in [0.1, 0.15) is 5.01 Å². The van der Waals surface area contributed by atoms with Gasteiger partial charge in [0.2, 0.25) is 0 Å². The van der Waals surface area contributed by atoms with Gasteiger partial charge in [0.05, 0.1) is 23.4 Å². The van der Waals surface area contributed by atoms with Gasteiger partial charge in [0.25, 0.3) is 0 Å². The van der Waals surface area contributed by atoms with Crippen LogP contribution in [-0.2, 0) is 0 Å². The SMILES string of the molecule is c1ccn2ncc(-c3csc([C@@H]4CCCN4)n3)c2c1. The minimum absolute atomic E-state index is 0.445. The highest BCUT2D eigenvalue weighted by Gasteiger charge is 2.20. The zero-order valence-corrected chi connectivity index (χ0v) is 11.2. The van der Waals surface area contributed by atoms with Gasteiger partial charge in [0.15, 0.2) is 0 Å². The molecule has 4 rings (SSSR count). The van der Waals surface area contributed by atoms with Gasteiger partial charge in [0, 0.05) is 17.1 Å². The molecule has 1 N–H and O–H groups in total. The first-order valence-corrected chi connectivity index (χ1v) is 7.41.